The van der Waals surface area contributed by atoms with Crippen molar-refractivity contribution in [3.8, 4) is 6.07 Å². The van der Waals surface area contributed by atoms with Gasteiger partial charge in [0.1, 0.15) is 0 Å². The molecule has 1 unspecified atom stereocenters. The molecule has 1 atom stereocenters. The Hall–Kier alpha value is -1.91. The van der Waals surface area contributed by atoms with Crippen molar-refractivity contribution < 1.29 is 4.79 Å². The zero-order valence-corrected chi connectivity index (χ0v) is 17.2. The van der Waals surface area contributed by atoms with Crippen molar-refractivity contribution in [3.63, 3.8) is 0 Å². The number of thioether (sulfide) groups is 1. The molecule has 0 fully saturated rings. The van der Waals surface area contributed by atoms with Crippen LogP contribution in [0.4, 0.5) is 5.13 Å². The highest BCUT2D eigenvalue weighted by Gasteiger charge is 2.18. The second-order valence-electron chi connectivity index (χ2n) is 7.55. The van der Waals surface area contributed by atoms with E-state index >= 15 is 0 Å². The number of nitriles is 1. The molecule has 0 saturated heterocycles. The van der Waals surface area contributed by atoms with Crippen molar-refractivity contribution in [2.75, 3.05) is 5.32 Å². The smallest absolute Gasteiger partial charge is 0.226 e. The lowest BCUT2D eigenvalue weighted by Crippen LogP contribution is -2.18. The molecule has 0 aliphatic heterocycles. The number of benzene rings is 1. The van der Waals surface area contributed by atoms with Crippen molar-refractivity contribution in [2.24, 2.45) is 11.3 Å². The molecule has 0 radical (unpaired) electrons. The fourth-order valence-corrected chi connectivity index (χ4v) is 4.59. The molecule has 0 aliphatic carbocycles. The summed E-state index contributed by atoms with van der Waals surface area (Å²) in [6, 6.07) is 9.71. The first kappa shape index (κ1) is 20.4. The minimum atomic E-state index is -0.0238. The van der Waals surface area contributed by atoms with Crippen LogP contribution in [0.1, 0.15) is 51.7 Å². The van der Waals surface area contributed by atoms with E-state index in [9.17, 15) is 4.79 Å². The van der Waals surface area contributed by atoms with Crippen LogP contribution in [0.15, 0.2) is 28.6 Å². The van der Waals surface area contributed by atoms with Crippen LogP contribution in [0.2, 0.25) is 0 Å². The molecule has 2 aromatic rings. The van der Waals surface area contributed by atoms with E-state index in [0.29, 0.717) is 28.8 Å². The van der Waals surface area contributed by atoms with Gasteiger partial charge in [-0.05, 0) is 29.4 Å². The summed E-state index contributed by atoms with van der Waals surface area (Å²) in [4.78, 5) is 12.2. The minimum absolute atomic E-state index is 0.0238. The molecule has 7 heteroatoms. The molecule has 1 amide bonds. The molecule has 1 aromatic carbocycles. The van der Waals surface area contributed by atoms with Crippen LogP contribution in [0.3, 0.4) is 0 Å². The molecule has 1 N–H and O–H groups in total. The molecule has 0 bridgehead atoms. The second kappa shape index (κ2) is 9.15. The predicted molar refractivity (Wildman–Crippen MR) is 107 cm³/mol. The number of nitrogens with one attached hydrogen (secondary N) is 1. The molecular weight excluding hydrogens is 364 g/mol. The Labute approximate surface area is 163 Å². The molecule has 0 aliphatic rings. The zero-order chi connectivity index (χ0) is 19.2. The average molecular weight is 389 g/mol. The van der Waals surface area contributed by atoms with Gasteiger partial charge in [-0.25, -0.2) is 0 Å². The summed E-state index contributed by atoms with van der Waals surface area (Å²) < 4.78 is 0.774. The van der Waals surface area contributed by atoms with Crippen molar-refractivity contribution in [1.29, 1.82) is 5.26 Å². The van der Waals surface area contributed by atoms with Gasteiger partial charge in [-0.2, -0.15) is 5.26 Å². The van der Waals surface area contributed by atoms with Gasteiger partial charge in [-0.1, -0.05) is 69.0 Å². The van der Waals surface area contributed by atoms with Crippen LogP contribution >= 0.6 is 23.1 Å². The fraction of sp³-hybridized carbons (Fsp3) is 0.474. The van der Waals surface area contributed by atoms with Crippen LogP contribution in [0.25, 0.3) is 0 Å². The Balaban J connectivity index is 1.86. The molecule has 0 saturated carbocycles. The average Bonchev–Trinajstić information content (AvgIpc) is 2.98. The number of hydrogen-bond acceptors (Lipinski definition) is 6. The largest absolute Gasteiger partial charge is 0.300 e. The lowest BCUT2D eigenvalue weighted by atomic mass is 9.84. The van der Waals surface area contributed by atoms with Gasteiger partial charge in [0.25, 0.3) is 0 Å². The maximum Gasteiger partial charge on any atom is 0.226 e. The van der Waals surface area contributed by atoms with E-state index in [1.165, 1.54) is 23.1 Å². The highest BCUT2D eigenvalue weighted by molar-refractivity contribution is 8.00. The van der Waals surface area contributed by atoms with E-state index < -0.39 is 0 Å². The van der Waals surface area contributed by atoms with E-state index in [0.717, 1.165) is 16.3 Å². The summed E-state index contributed by atoms with van der Waals surface area (Å²) in [5, 5.41) is 20.6. The van der Waals surface area contributed by atoms with Crippen LogP contribution in [-0.2, 0) is 10.5 Å². The molecular formula is C19H24N4OS2. The maximum atomic E-state index is 12.2. The first-order valence-corrected chi connectivity index (χ1v) is 10.3. The van der Waals surface area contributed by atoms with Crippen LogP contribution in [-0.4, -0.2) is 16.1 Å². The first-order chi connectivity index (χ1) is 12.3. The van der Waals surface area contributed by atoms with Gasteiger partial charge in [-0.3, -0.25) is 4.79 Å². The number of anilines is 1. The standard InChI is InChI=1S/C19H24N4OS2/c1-13(10-19(2,3)4)9-16(24)21-17-22-23-18(26-17)25-12-15-8-6-5-7-14(15)11-20/h5-8,13H,9-10,12H2,1-4H3,(H,21,22,24). The minimum Gasteiger partial charge on any atom is -0.300 e. The predicted octanol–water partition coefficient (Wildman–Crippen LogP) is 5.10. The van der Waals surface area contributed by atoms with E-state index in [4.69, 9.17) is 5.26 Å². The Kier molecular flexibility index (Phi) is 7.18. The summed E-state index contributed by atoms with van der Waals surface area (Å²) in [7, 11) is 0. The molecule has 138 valence electrons. The second-order valence-corrected chi connectivity index (χ2v) is 9.75. The summed E-state index contributed by atoms with van der Waals surface area (Å²) in [5.74, 6) is 0.943. The Morgan fingerprint density at radius 3 is 2.77 bits per heavy atom. The number of nitrogens with zero attached hydrogens (tertiary/aromatic N) is 3. The van der Waals surface area contributed by atoms with Crippen molar-refractivity contribution in [3.05, 3.63) is 35.4 Å². The number of amides is 1. The van der Waals surface area contributed by atoms with E-state index in [2.05, 4.69) is 49.3 Å². The molecule has 1 heterocycles. The normalized spacial score (nSPS) is 12.4. The Morgan fingerprint density at radius 1 is 1.35 bits per heavy atom. The van der Waals surface area contributed by atoms with Gasteiger partial charge >= 0.3 is 0 Å². The van der Waals surface area contributed by atoms with Crippen molar-refractivity contribution in [2.45, 2.75) is 50.6 Å². The van der Waals surface area contributed by atoms with Gasteiger partial charge in [0.05, 0.1) is 11.6 Å². The monoisotopic (exact) mass is 388 g/mol. The van der Waals surface area contributed by atoms with Gasteiger partial charge in [-0.15, -0.1) is 10.2 Å². The maximum absolute atomic E-state index is 12.2. The van der Waals surface area contributed by atoms with E-state index in [1.807, 2.05) is 18.2 Å². The van der Waals surface area contributed by atoms with Crippen LogP contribution in [0.5, 0.6) is 0 Å². The van der Waals surface area contributed by atoms with Gasteiger partial charge in [0.2, 0.25) is 11.0 Å². The number of aromatic nitrogens is 2. The number of carbonyl (C=O) groups excluding carboxylic acids is 1. The number of rotatable bonds is 7. The van der Waals surface area contributed by atoms with Gasteiger partial charge < -0.3 is 5.32 Å². The lowest BCUT2D eigenvalue weighted by Gasteiger charge is -2.22. The molecule has 2 rings (SSSR count). The first-order valence-electron chi connectivity index (χ1n) is 8.51. The zero-order valence-electron chi connectivity index (χ0n) is 15.6. The third-order valence-electron chi connectivity index (χ3n) is 3.64. The summed E-state index contributed by atoms with van der Waals surface area (Å²) in [6.07, 6.45) is 1.48. The molecule has 0 spiro atoms. The summed E-state index contributed by atoms with van der Waals surface area (Å²) in [6.45, 7) is 8.64. The number of carbonyl (C=O) groups is 1. The highest BCUT2D eigenvalue weighted by Crippen LogP contribution is 2.30. The van der Waals surface area contributed by atoms with Crippen LogP contribution < -0.4 is 5.32 Å². The molecule has 5 nitrogen and oxygen atoms in total. The van der Waals surface area contributed by atoms with Gasteiger partial charge in [0, 0.05) is 12.2 Å². The van der Waals surface area contributed by atoms with Crippen molar-refractivity contribution in [1.82, 2.24) is 10.2 Å². The van der Waals surface area contributed by atoms with E-state index in [1.54, 1.807) is 6.07 Å². The quantitative estimate of drug-likeness (QED) is 0.527. The van der Waals surface area contributed by atoms with Crippen LogP contribution in [0, 0.1) is 22.7 Å². The van der Waals surface area contributed by atoms with Crippen molar-refractivity contribution >= 4 is 34.1 Å². The fourth-order valence-electron chi connectivity index (χ4n) is 2.82. The summed E-state index contributed by atoms with van der Waals surface area (Å²) in [5.41, 5.74) is 1.86. The third kappa shape index (κ3) is 6.77. The summed E-state index contributed by atoms with van der Waals surface area (Å²) >= 11 is 2.88. The van der Waals surface area contributed by atoms with Gasteiger partial charge in [0.15, 0.2) is 4.34 Å². The number of hydrogen-bond donors (Lipinski definition) is 1. The van der Waals surface area contributed by atoms with E-state index in [-0.39, 0.29) is 11.3 Å². The molecule has 1 aromatic heterocycles. The Bertz CT molecular complexity index is 789. The third-order valence-corrected chi connectivity index (χ3v) is 5.66. The highest BCUT2D eigenvalue weighted by atomic mass is 32.2. The molecule has 26 heavy (non-hydrogen) atoms. The Morgan fingerprint density at radius 2 is 2.08 bits per heavy atom. The SMILES string of the molecule is CC(CC(=O)Nc1nnc(SCc2ccccc2C#N)s1)CC(C)(C)C. The topological polar surface area (TPSA) is 78.7 Å². The lowest BCUT2D eigenvalue weighted by molar-refractivity contribution is -0.117.